The number of carbonyl (C=O) groups is 2. The van der Waals surface area contributed by atoms with E-state index in [0.717, 1.165) is 0 Å². The molecule has 9 nitrogen and oxygen atoms in total. The highest BCUT2D eigenvalue weighted by Crippen LogP contribution is 2.31. The molecule has 3 N–H and O–H groups in total. The van der Waals surface area contributed by atoms with E-state index in [0.29, 0.717) is 31.1 Å². The van der Waals surface area contributed by atoms with Crippen molar-refractivity contribution in [1.82, 2.24) is 4.72 Å². The zero-order chi connectivity index (χ0) is 18.4. The smallest absolute Gasteiger partial charge is 0.307 e. The third-order valence-electron chi connectivity index (χ3n) is 3.36. The Morgan fingerprint density at radius 3 is 2.64 bits per heavy atom. The minimum Gasteiger partial charge on any atom is -0.490 e. The number of fused-ring (bicyclic) bond motifs is 1. The lowest BCUT2D eigenvalue weighted by Crippen LogP contribution is -2.32. The van der Waals surface area contributed by atoms with Crippen molar-refractivity contribution in [1.29, 1.82) is 0 Å². The molecule has 0 bridgehead atoms. The quantitative estimate of drug-likeness (QED) is 0.640. The van der Waals surface area contributed by atoms with Gasteiger partial charge >= 0.3 is 5.97 Å². The number of hydrogen-bond donors (Lipinski definition) is 2. The summed E-state index contributed by atoms with van der Waals surface area (Å²) in [5.41, 5.74) is 4.98. The highest BCUT2D eigenvalue weighted by atomic mass is 32.2. The molecule has 2 rings (SSSR count). The SMILES string of the molecule is C[C@@H](OC(=O)CCNS(=O)(=O)c1ccc2c(c1)OCCCO2)C(N)=O. The standard InChI is InChI=1S/C15H20N2O7S/c1-10(15(16)19)24-14(18)5-6-17-25(20,21)11-3-4-12-13(9-11)23-8-2-7-22-12/h3-4,9-10,17H,2,5-8H2,1H3,(H2,16,19)/t10-/m1/s1. The first-order valence-electron chi connectivity index (χ1n) is 7.68. The van der Waals surface area contributed by atoms with E-state index in [-0.39, 0.29) is 17.9 Å². The lowest BCUT2D eigenvalue weighted by molar-refractivity contribution is -0.153. The summed E-state index contributed by atoms with van der Waals surface area (Å²) < 4.78 is 42.5. The lowest BCUT2D eigenvalue weighted by atomic mass is 10.3. The van der Waals surface area contributed by atoms with E-state index in [4.69, 9.17) is 19.9 Å². The summed E-state index contributed by atoms with van der Waals surface area (Å²) in [5.74, 6) is -0.663. The number of carbonyl (C=O) groups excluding carboxylic acids is 2. The Morgan fingerprint density at radius 2 is 1.96 bits per heavy atom. The molecule has 1 atom stereocenters. The second-order valence-electron chi connectivity index (χ2n) is 5.34. The Bertz CT molecular complexity index is 748. The van der Waals surface area contributed by atoms with Gasteiger partial charge in [0.05, 0.1) is 24.5 Å². The second-order valence-corrected chi connectivity index (χ2v) is 7.11. The molecular weight excluding hydrogens is 352 g/mol. The van der Waals surface area contributed by atoms with Crippen molar-refractivity contribution in [3.8, 4) is 11.5 Å². The van der Waals surface area contributed by atoms with Crippen molar-refractivity contribution in [2.75, 3.05) is 19.8 Å². The first kappa shape index (κ1) is 19.0. The van der Waals surface area contributed by atoms with Crippen LogP contribution in [0.4, 0.5) is 0 Å². The van der Waals surface area contributed by atoms with Gasteiger partial charge in [0.1, 0.15) is 0 Å². The number of amides is 1. The summed E-state index contributed by atoms with van der Waals surface area (Å²) in [6, 6.07) is 4.29. The molecule has 1 aliphatic heterocycles. The molecule has 1 amide bonds. The predicted molar refractivity (Wildman–Crippen MR) is 86.6 cm³/mol. The van der Waals surface area contributed by atoms with Gasteiger partial charge < -0.3 is 19.9 Å². The van der Waals surface area contributed by atoms with Crippen LogP contribution >= 0.6 is 0 Å². The van der Waals surface area contributed by atoms with Crippen LogP contribution in [0, 0.1) is 0 Å². The Kier molecular flexibility index (Phi) is 6.21. The summed E-state index contributed by atoms with van der Waals surface area (Å²) in [6.07, 6.45) is -0.590. The average molecular weight is 372 g/mol. The third-order valence-corrected chi connectivity index (χ3v) is 4.82. The second kappa shape index (κ2) is 8.17. The van der Waals surface area contributed by atoms with Gasteiger partial charge in [-0.05, 0) is 19.1 Å². The summed E-state index contributed by atoms with van der Waals surface area (Å²) in [5, 5.41) is 0. The van der Waals surface area contributed by atoms with Crippen LogP contribution in [0.2, 0.25) is 0 Å². The van der Waals surface area contributed by atoms with Gasteiger partial charge in [-0.3, -0.25) is 9.59 Å². The number of benzene rings is 1. The highest BCUT2D eigenvalue weighted by Gasteiger charge is 2.20. The van der Waals surface area contributed by atoms with Gasteiger partial charge in [0.15, 0.2) is 17.6 Å². The Balaban J connectivity index is 1.94. The number of hydrogen-bond acceptors (Lipinski definition) is 7. The minimum absolute atomic E-state index is 0.00405. The normalized spacial score (nSPS) is 15.1. The number of ether oxygens (including phenoxy) is 3. The van der Waals surface area contributed by atoms with E-state index in [1.54, 1.807) is 0 Å². The Morgan fingerprint density at radius 1 is 1.28 bits per heavy atom. The molecule has 1 aromatic rings. The average Bonchev–Trinajstić information content (AvgIpc) is 2.79. The molecule has 0 saturated heterocycles. The van der Waals surface area contributed by atoms with Gasteiger partial charge in [-0.25, -0.2) is 13.1 Å². The zero-order valence-electron chi connectivity index (χ0n) is 13.7. The number of primary amides is 1. The zero-order valence-corrected chi connectivity index (χ0v) is 14.5. The number of esters is 1. The molecular formula is C15H20N2O7S. The molecule has 0 fully saturated rings. The van der Waals surface area contributed by atoms with Crippen molar-refractivity contribution < 1.29 is 32.2 Å². The molecule has 0 radical (unpaired) electrons. The summed E-state index contributed by atoms with van der Waals surface area (Å²) in [6.45, 7) is 2.10. The van der Waals surface area contributed by atoms with Crippen LogP contribution in [-0.4, -0.2) is 46.2 Å². The largest absolute Gasteiger partial charge is 0.490 e. The van der Waals surface area contributed by atoms with Crippen molar-refractivity contribution in [2.45, 2.75) is 30.8 Å². The fourth-order valence-corrected chi connectivity index (χ4v) is 3.04. The maximum Gasteiger partial charge on any atom is 0.307 e. The maximum absolute atomic E-state index is 12.3. The minimum atomic E-state index is -3.83. The van der Waals surface area contributed by atoms with Crippen LogP contribution < -0.4 is 19.9 Å². The summed E-state index contributed by atoms with van der Waals surface area (Å²) in [7, 11) is -3.83. The maximum atomic E-state index is 12.3. The molecule has 0 aromatic heterocycles. The van der Waals surface area contributed by atoms with E-state index in [1.165, 1.54) is 25.1 Å². The number of rotatable bonds is 7. The summed E-state index contributed by atoms with van der Waals surface area (Å²) >= 11 is 0. The molecule has 138 valence electrons. The van der Waals surface area contributed by atoms with Crippen LogP contribution in [0.1, 0.15) is 19.8 Å². The topological polar surface area (TPSA) is 134 Å². The Hall–Kier alpha value is -2.33. The highest BCUT2D eigenvalue weighted by molar-refractivity contribution is 7.89. The molecule has 1 aliphatic rings. The van der Waals surface area contributed by atoms with Gasteiger partial charge in [0, 0.05) is 19.0 Å². The van der Waals surface area contributed by atoms with Crippen molar-refractivity contribution in [3.05, 3.63) is 18.2 Å². The van der Waals surface area contributed by atoms with Gasteiger partial charge in [0.25, 0.3) is 5.91 Å². The number of nitrogens with two attached hydrogens (primary N) is 1. The van der Waals surface area contributed by atoms with E-state index in [1.807, 2.05) is 0 Å². The molecule has 25 heavy (non-hydrogen) atoms. The first-order valence-corrected chi connectivity index (χ1v) is 9.16. The van der Waals surface area contributed by atoms with Crippen LogP contribution in [0.3, 0.4) is 0 Å². The Labute approximate surface area is 145 Å². The van der Waals surface area contributed by atoms with Crippen molar-refractivity contribution in [2.24, 2.45) is 5.73 Å². The fourth-order valence-electron chi connectivity index (χ4n) is 2.00. The van der Waals surface area contributed by atoms with E-state index in [9.17, 15) is 18.0 Å². The van der Waals surface area contributed by atoms with Gasteiger partial charge in [-0.15, -0.1) is 0 Å². The molecule has 0 saturated carbocycles. The third kappa shape index (κ3) is 5.33. The number of nitrogens with one attached hydrogen (secondary N) is 1. The molecule has 0 aliphatic carbocycles. The van der Waals surface area contributed by atoms with Crippen LogP contribution in [0.5, 0.6) is 11.5 Å². The first-order chi connectivity index (χ1) is 11.8. The monoisotopic (exact) mass is 372 g/mol. The number of sulfonamides is 1. The van der Waals surface area contributed by atoms with Crippen molar-refractivity contribution in [3.63, 3.8) is 0 Å². The molecule has 0 spiro atoms. The van der Waals surface area contributed by atoms with Gasteiger partial charge in [0.2, 0.25) is 10.0 Å². The van der Waals surface area contributed by atoms with Gasteiger partial charge in [-0.1, -0.05) is 0 Å². The van der Waals surface area contributed by atoms with E-state index in [2.05, 4.69) is 4.72 Å². The summed E-state index contributed by atoms with van der Waals surface area (Å²) in [4.78, 5) is 22.3. The molecule has 0 unspecified atom stereocenters. The molecule has 10 heteroatoms. The van der Waals surface area contributed by atoms with Crippen LogP contribution in [0.15, 0.2) is 23.1 Å². The molecule has 1 heterocycles. The fraction of sp³-hybridized carbons (Fsp3) is 0.467. The van der Waals surface area contributed by atoms with Crippen molar-refractivity contribution >= 4 is 21.9 Å². The van der Waals surface area contributed by atoms with E-state index >= 15 is 0 Å². The predicted octanol–water partition coefficient (Wildman–Crippen LogP) is -0.0667. The molecule has 1 aromatic carbocycles. The van der Waals surface area contributed by atoms with E-state index < -0.39 is 28.0 Å². The van der Waals surface area contributed by atoms with Crippen LogP contribution in [-0.2, 0) is 24.3 Å². The van der Waals surface area contributed by atoms with Gasteiger partial charge in [-0.2, -0.15) is 0 Å². The van der Waals surface area contributed by atoms with Crippen LogP contribution in [0.25, 0.3) is 0 Å². The lowest BCUT2D eigenvalue weighted by Gasteiger charge is -2.11.